The molecule has 3 heteroatoms. The Balaban J connectivity index is 1.69. The van der Waals surface area contributed by atoms with Gasteiger partial charge in [0.15, 0.2) is 11.5 Å². The molecule has 1 heterocycles. The van der Waals surface area contributed by atoms with Crippen LogP contribution in [0.4, 0.5) is 0 Å². The number of fused-ring (bicyclic) bond motifs is 1. The van der Waals surface area contributed by atoms with Crippen molar-refractivity contribution >= 4 is 0 Å². The van der Waals surface area contributed by atoms with Crippen LogP contribution in [-0.2, 0) is 0 Å². The second kappa shape index (κ2) is 6.04. The average molecular weight is 275 g/mol. The van der Waals surface area contributed by atoms with E-state index in [9.17, 15) is 0 Å². The van der Waals surface area contributed by atoms with E-state index in [0.29, 0.717) is 25.3 Å². The Kier molecular flexibility index (Phi) is 4.16. The van der Waals surface area contributed by atoms with Crippen LogP contribution in [0.25, 0.3) is 0 Å². The highest BCUT2D eigenvalue weighted by Gasteiger charge is 2.27. The first-order valence-electron chi connectivity index (χ1n) is 7.93. The molecule has 3 nitrogen and oxygen atoms in total. The fraction of sp³-hybridized carbons (Fsp3) is 0.647. The molecular formula is C17H25NO2. The Morgan fingerprint density at radius 2 is 2.00 bits per heavy atom. The maximum absolute atomic E-state index is 5.67. The largest absolute Gasteiger partial charge is 0.486 e. The van der Waals surface area contributed by atoms with E-state index >= 15 is 0 Å². The molecule has 110 valence electrons. The zero-order valence-electron chi connectivity index (χ0n) is 12.5. The smallest absolute Gasteiger partial charge is 0.161 e. The first kappa shape index (κ1) is 13.7. The van der Waals surface area contributed by atoms with Crippen LogP contribution < -0.4 is 14.8 Å². The molecule has 3 unspecified atom stereocenters. The number of hydrogen-bond donors (Lipinski definition) is 1. The summed E-state index contributed by atoms with van der Waals surface area (Å²) in [5, 5.41) is 3.81. The van der Waals surface area contributed by atoms with Gasteiger partial charge in [0.05, 0.1) is 0 Å². The summed E-state index contributed by atoms with van der Waals surface area (Å²) in [4.78, 5) is 0. The van der Waals surface area contributed by atoms with Crippen molar-refractivity contribution in [2.75, 3.05) is 13.2 Å². The molecule has 0 aromatic heterocycles. The summed E-state index contributed by atoms with van der Waals surface area (Å²) in [5.41, 5.74) is 1.29. The SMILES string of the molecule is CCC1CCCC1NC(C)c1ccc2c(c1)OCCO2. The van der Waals surface area contributed by atoms with Crippen LogP contribution >= 0.6 is 0 Å². The number of ether oxygens (including phenoxy) is 2. The molecule has 2 aliphatic rings. The molecule has 0 saturated heterocycles. The number of nitrogens with one attached hydrogen (secondary N) is 1. The summed E-state index contributed by atoms with van der Waals surface area (Å²) in [6.45, 7) is 5.86. The van der Waals surface area contributed by atoms with E-state index < -0.39 is 0 Å². The fourth-order valence-electron chi connectivity index (χ4n) is 3.49. The lowest BCUT2D eigenvalue weighted by molar-refractivity contribution is 0.171. The Hall–Kier alpha value is -1.22. The summed E-state index contributed by atoms with van der Waals surface area (Å²) in [5.74, 6) is 2.61. The Bertz CT molecular complexity index is 460. The Labute approximate surface area is 121 Å². The van der Waals surface area contributed by atoms with Crippen molar-refractivity contribution in [2.45, 2.75) is 51.6 Å². The molecule has 0 amide bonds. The van der Waals surface area contributed by atoms with Crippen molar-refractivity contribution in [1.29, 1.82) is 0 Å². The Morgan fingerprint density at radius 1 is 1.20 bits per heavy atom. The van der Waals surface area contributed by atoms with Crippen molar-refractivity contribution in [3.05, 3.63) is 23.8 Å². The van der Waals surface area contributed by atoms with Gasteiger partial charge in [-0.1, -0.05) is 25.8 Å². The van der Waals surface area contributed by atoms with E-state index in [-0.39, 0.29) is 0 Å². The van der Waals surface area contributed by atoms with Crippen molar-refractivity contribution in [1.82, 2.24) is 5.32 Å². The van der Waals surface area contributed by atoms with Crippen LogP contribution in [-0.4, -0.2) is 19.3 Å². The maximum Gasteiger partial charge on any atom is 0.161 e. The summed E-state index contributed by atoms with van der Waals surface area (Å²) < 4.78 is 11.3. The third kappa shape index (κ3) is 2.78. The van der Waals surface area contributed by atoms with Gasteiger partial charge in [0.2, 0.25) is 0 Å². The fourth-order valence-corrected chi connectivity index (χ4v) is 3.49. The molecular weight excluding hydrogens is 250 g/mol. The third-order valence-electron chi connectivity index (χ3n) is 4.71. The predicted molar refractivity (Wildman–Crippen MR) is 80.4 cm³/mol. The average Bonchev–Trinajstić information content (AvgIpc) is 2.94. The van der Waals surface area contributed by atoms with E-state index in [0.717, 1.165) is 17.4 Å². The van der Waals surface area contributed by atoms with Gasteiger partial charge in [-0.2, -0.15) is 0 Å². The molecule has 1 saturated carbocycles. The van der Waals surface area contributed by atoms with E-state index in [1.54, 1.807) is 0 Å². The molecule has 1 aromatic rings. The van der Waals surface area contributed by atoms with E-state index in [2.05, 4.69) is 31.3 Å². The minimum absolute atomic E-state index is 0.364. The Morgan fingerprint density at radius 3 is 2.80 bits per heavy atom. The topological polar surface area (TPSA) is 30.5 Å². The summed E-state index contributed by atoms with van der Waals surface area (Å²) in [6, 6.07) is 7.35. The lowest BCUT2D eigenvalue weighted by Crippen LogP contribution is -2.34. The molecule has 1 aliphatic heterocycles. The van der Waals surface area contributed by atoms with Gasteiger partial charge in [-0.05, 0) is 43.4 Å². The molecule has 1 N–H and O–H groups in total. The summed E-state index contributed by atoms with van der Waals surface area (Å²) in [7, 11) is 0. The van der Waals surface area contributed by atoms with Crippen LogP contribution in [0.2, 0.25) is 0 Å². The van der Waals surface area contributed by atoms with Crippen LogP contribution in [0.3, 0.4) is 0 Å². The molecule has 0 bridgehead atoms. The maximum atomic E-state index is 5.67. The number of benzene rings is 1. The van der Waals surface area contributed by atoms with Crippen LogP contribution in [0, 0.1) is 5.92 Å². The molecule has 1 aromatic carbocycles. The summed E-state index contributed by atoms with van der Waals surface area (Å²) >= 11 is 0. The van der Waals surface area contributed by atoms with Gasteiger partial charge in [-0.3, -0.25) is 0 Å². The molecule has 3 rings (SSSR count). The van der Waals surface area contributed by atoms with Gasteiger partial charge in [0.1, 0.15) is 13.2 Å². The predicted octanol–water partition coefficient (Wildman–Crippen LogP) is 3.69. The summed E-state index contributed by atoms with van der Waals surface area (Å²) in [6.07, 6.45) is 5.34. The van der Waals surface area contributed by atoms with Gasteiger partial charge < -0.3 is 14.8 Å². The highest BCUT2D eigenvalue weighted by molar-refractivity contribution is 5.44. The van der Waals surface area contributed by atoms with Gasteiger partial charge in [0.25, 0.3) is 0 Å². The van der Waals surface area contributed by atoms with Crippen molar-refractivity contribution in [2.24, 2.45) is 5.92 Å². The van der Waals surface area contributed by atoms with Gasteiger partial charge in [-0.25, -0.2) is 0 Å². The van der Waals surface area contributed by atoms with Gasteiger partial charge >= 0.3 is 0 Å². The van der Waals surface area contributed by atoms with Crippen LogP contribution in [0.15, 0.2) is 18.2 Å². The lowest BCUT2D eigenvalue weighted by atomic mass is 9.98. The van der Waals surface area contributed by atoms with E-state index in [4.69, 9.17) is 9.47 Å². The zero-order chi connectivity index (χ0) is 13.9. The quantitative estimate of drug-likeness (QED) is 0.909. The molecule has 20 heavy (non-hydrogen) atoms. The number of rotatable bonds is 4. The highest BCUT2D eigenvalue weighted by atomic mass is 16.6. The first-order valence-corrected chi connectivity index (χ1v) is 7.93. The third-order valence-corrected chi connectivity index (χ3v) is 4.71. The molecule has 1 aliphatic carbocycles. The van der Waals surface area contributed by atoms with Crippen molar-refractivity contribution in [3.8, 4) is 11.5 Å². The lowest BCUT2D eigenvalue weighted by Gasteiger charge is -2.26. The monoisotopic (exact) mass is 275 g/mol. The van der Waals surface area contributed by atoms with E-state index in [1.807, 2.05) is 6.07 Å². The second-order valence-electron chi connectivity index (χ2n) is 6.00. The van der Waals surface area contributed by atoms with Crippen LogP contribution in [0.1, 0.15) is 51.1 Å². The second-order valence-corrected chi connectivity index (χ2v) is 6.00. The van der Waals surface area contributed by atoms with Gasteiger partial charge in [0, 0.05) is 12.1 Å². The molecule has 3 atom stereocenters. The van der Waals surface area contributed by atoms with Crippen LogP contribution in [0.5, 0.6) is 11.5 Å². The highest BCUT2D eigenvalue weighted by Crippen LogP contribution is 2.34. The van der Waals surface area contributed by atoms with Crippen molar-refractivity contribution in [3.63, 3.8) is 0 Å². The molecule has 0 spiro atoms. The van der Waals surface area contributed by atoms with Crippen molar-refractivity contribution < 1.29 is 9.47 Å². The zero-order valence-corrected chi connectivity index (χ0v) is 12.5. The van der Waals surface area contributed by atoms with Gasteiger partial charge in [-0.15, -0.1) is 0 Å². The van der Waals surface area contributed by atoms with E-state index in [1.165, 1.54) is 31.2 Å². The molecule has 0 radical (unpaired) electrons. The normalized spacial score (nSPS) is 26.5. The number of hydrogen-bond acceptors (Lipinski definition) is 3. The standard InChI is InChI=1S/C17H25NO2/c1-3-13-5-4-6-15(13)18-12(2)14-7-8-16-17(11-14)20-10-9-19-16/h7-8,11-13,15,18H,3-6,9-10H2,1-2H3. The minimum Gasteiger partial charge on any atom is -0.486 e. The molecule has 1 fully saturated rings. The first-order chi connectivity index (χ1) is 9.78. The minimum atomic E-state index is 0.364.